The van der Waals surface area contributed by atoms with E-state index >= 15 is 0 Å². The minimum Gasteiger partial charge on any atom is -0.497 e. The van der Waals surface area contributed by atoms with Crippen molar-refractivity contribution in [2.24, 2.45) is 5.10 Å². The third-order valence-corrected chi connectivity index (χ3v) is 4.71. The second-order valence-corrected chi connectivity index (χ2v) is 7.52. The van der Waals surface area contributed by atoms with Gasteiger partial charge in [0.15, 0.2) is 6.61 Å². The molecule has 0 aromatic heterocycles. The molecule has 3 rings (SSSR count). The van der Waals surface area contributed by atoms with Crippen molar-refractivity contribution in [1.29, 1.82) is 0 Å². The van der Waals surface area contributed by atoms with Crippen LogP contribution in [0, 0.1) is 0 Å². The Morgan fingerprint density at radius 3 is 2.45 bits per heavy atom. The molecule has 1 amide bonds. The monoisotopic (exact) mass is 508 g/mol. The van der Waals surface area contributed by atoms with E-state index in [2.05, 4.69) is 26.5 Å². The largest absolute Gasteiger partial charge is 0.497 e. The highest BCUT2D eigenvalue weighted by atomic mass is 79.9. The molecule has 0 spiro atoms. The van der Waals surface area contributed by atoms with E-state index in [0.29, 0.717) is 22.8 Å². The van der Waals surface area contributed by atoms with Gasteiger partial charge in [-0.25, -0.2) is 10.2 Å². The summed E-state index contributed by atoms with van der Waals surface area (Å²) in [5, 5.41) is 3.93. The molecule has 0 fully saturated rings. The third kappa shape index (κ3) is 7.93. The lowest BCUT2D eigenvalue weighted by Gasteiger charge is -2.07. The van der Waals surface area contributed by atoms with E-state index in [1.54, 1.807) is 55.7 Å². The predicted molar refractivity (Wildman–Crippen MR) is 129 cm³/mol. The first kappa shape index (κ1) is 23.7. The molecule has 33 heavy (non-hydrogen) atoms. The molecular weight excluding hydrogens is 488 g/mol. The average molecular weight is 509 g/mol. The Morgan fingerprint density at radius 2 is 1.73 bits per heavy atom. The number of hydrogen-bond acceptors (Lipinski definition) is 6. The molecule has 0 aliphatic rings. The van der Waals surface area contributed by atoms with Gasteiger partial charge in [-0.15, -0.1) is 0 Å². The van der Waals surface area contributed by atoms with Crippen LogP contribution in [0.2, 0.25) is 0 Å². The molecule has 0 radical (unpaired) electrons. The standard InChI is InChI=1S/C25H21BrN2O5/c1-31-21-9-11-22(12-10-21)32-17-24(29)28-27-16-19-15-20(26)8-13-23(19)33-25(30)14-7-18-5-3-2-4-6-18/h2-16H,17H2,1H3,(H,28,29)/b14-7+,27-16+. The highest BCUT2D eigenvalue weighted by molar-refractivity contribution is 9.10. The van der Waals surface area contributed by atoms with Gasteiger partial charge in [0.05, 0.1) is 13.3 Å². The predicted octanol–water partition coefficient (Wildman–Crippen LogP) is 4.61. The number of hydrazone groups is 1. The zero-order valence-electron chi connectivity index (χ0n) is 17.7. The maximum absolute atomic E-state index is 12.2. The van der Waals surface area contributed by atoms with Crippen LogP contribution in [0.3, 0.4) is 0 Å². The molecule has 0 saturated carbocycles. The van der Waals surface area contributed by atoms with Crippen LogP contribution in [0.5, 0.6) is 17.2 Å². The number of nitrogens with one attached hydrogen (secondary N) is 1. The summed E-state index contributed by atoms with van der Waals surface area (Å²) in [7, 11) is 1.57. The van der Waals surface area contributed by atoms with Crippen molar-refractivity contribution in [3.05, 3.63) is 94.5 Å². The number of amides is 1. The maximum atomic E-state index is 12.2. The van der Waals surface area contributed by atoms with E-state index in [9.17, 15) is 9.59 Å². The average Bonchev–Trinajstić information content (AvgIpc) is 2.84. The fraction of sp³-hybridized carbons (Fsp3) is 0.0800. The molecule has 168 valence electrons. The molecule has 0 aliphatic heterocycles. The van der Waals surface area contributed by atoms with Gasteiger partial charge in [0.2, 0.25) is 0 Å². The fourth-order valence-electron chi connectivity index (χ4n) is 2.61. The molecule has 0 aliphatic carbocycles. The van der Waals surface area contributed by atoms with Crippen LogP contribution in [0.1, 0.15) is 11.1 Å². The van der Waals surface area contributed by atoms with Crippen molar-refractivity contribution >= 4 is 40.1 Å². The molecule has 3 aromatic rings. The van der Waals surface area contributed by atoms with Gasteiger partial charge >= 0.3 is 5.97 Å². The summed E-state index contributed by atoms with van der Waals surface area (Å²) < 4.78 is 16.7. The van der Waals surface area contributed by atoms with Gasteiger partial charge in [0, 0.05) is 16.1 Å². The molecule has 8 heteroatoms. The number of carbonyl (C=O) groups is 2. The van der Waals surface area contributed by atoms with Crippen LogP contribution in [-0.4, -0.2) is 31.8 Å². The minimum atomic E-state index is -0.534. The maximum Gasteiger partial charge on any atom is 0.336 e. The highest BCUT2D eigenvalue weighted by Crippen LogP contribution is 2.22. The fourth-order valence-corrected chi connectivity index (χ4v) is 2.99. The van der Waals surface area contributed by atoms with E-state index in [4.69, 9.17) is 14.2 Å². The lowest BCUT2D eigenvalue weighted by atomic mass is 10.2. The van der Waals surface area contributed by atoms with Crippen molar-refractivity contribution in [2.45, 2.75) is 0 Å². The van der Waals surface area contributed by atoms with Gasteiger partial charge < -0.3 is 14.2 Å². The topological polar surface area (TPSA) is 86.2 Å². The molecular formula is C25H21BrN2O5. The van der Waals surface area contributed by atoms with Gasteiger partial charge in [0.1, 0.15) is 17.2 Å². The molecule has 0 unspecified atom stereocenters. The molecule has 1 N–H and O–H groups in total. The molecule has 0 heterocycles. The second-order valence-electron chi connectivity index (χ2n) is 6.60. The molecule has 7 nitrogen and oxygen atoms in total. The number of hydrogen-bond donors (Lipinski definition) is 1. The summed E-state index contributed by atoms with van der Waals surface area (Å²) in [6.07, 6.45) is 4.40. The van der Waals surface area contributed by atoms with Gasteiger partial charge in [-0.1, -0.05) is 46.3 Å². The Labute approximate surface area is 199 Å². The Kier molecular flexibility index (Phi) is 8.79. The van der Waals surface area contributed by atoms with E-state index in [1.807, 2.05) is 30.3 Å². The van der Waals surface area contributed by atoms with Gasteiger partial charge in [-0.3, -0.25) is 4.79 Å². The Morgan fingerprint density at radius 1 is 1.00 bits per heavy atom. The first-order valence-corrected chi connectivity index (χ1v) is 10.7. The Balaban J connectivity index is 1.56. The summed E-state index contributed by atoms with van der Waals surface area (Å²) >= 11 is 3.37. The normalized spacial score (nSPS) is 10.8. The van der Waals surface area contributed by atoms with Crippen molar-refractivity contribution in [2.75, 3.05) is 13.7 Å². The quantitative estimate of drug-likeness (QED) is 0.150. The lowest BCUT2D eigenvalue weighted by molar-refractivity contribution is -0.129. The van der Waals surface area contributed by atoms with Crippen molar-refractivity contribution in [3.63, 3.8) is 0 Å². The summed E-state index contributed by atoms with van der Waals surface area (Å²) in [4.78, 5) is 24.2. The van der Waals surface area contributed by atoms with Crippen LogP contribution in [-0.2, 0) is 9.59 Å². The lowest BCUT2D eigenvalue weighted by Crippen LogP contribution is -2.24. The number of carbonyl (C=O) groups excluding carboxylic acids is 2. The first-order chi connectivity index (χ1) is 16.0. The Hall–Kier alpha value is -3.91. The van der Waals surface area contributed by atoms with Crippen LogP contribution < -0.4 is 19.6 Å². The van der Waals surface area contributed by atoms with Gasteiger partial charge in [-0.05, 0) is 54.1 Å². The first-order valence-electron chi connectivity index (χ1n) is 9.87. The summed E-state index contributed by atoms with van der Waals surface area (Å²) in [5.74, 6) is 0.541. The van der Waals surface area contributed by atoms with E-state index in [1.165, 1.54) is 12.3 Å². The van der Waals surface area contributed by atoms with E-state index in [-0.39, 0.29) is 6.61 Å². The SMILES string of the molecule is COc1ccc(OCC(=O)N/N=C/c2cc(Br)ccc2OC(=O)/C=C/c2ccccc2)cc1. The summed E-state index contributed by atoms with van der Waals surface area (Å²) in [5.41, 5.74) is 3.76. The molecule has 3 aromatic carbocycles. The number of nitrogens with zero attached hydrogens (tertiary/aromatic N) is 1. The number of rotatable bonds is 9. The molecule has 0 bridgehead atoms. The molecule has 0 atom stereocenters. The number of halogens is 1. The number of ether oxygens (including phenoxy) is 3. The molecule has 0 saturated heterocycles. The summed E-state index contributed by atoms with van der Waals surface area (Å²) in [6.45, 7) is -0.214. The van der Waals surface area contributed by atoms with Crippen molar-refractivity contribution in [3.8, 4) is 17.2 Å². The zero-order chi connectivity index (χ0) is 23.5. The van der Waals surface area contributed by atoms with Crippen LogP contribution in [0.25, 0.3) is 6.08 Å². The summed E-state index contributed by atoms with van der Waals surface area (Å²) in [6, 6.07) is 21.4. The number of methoxy groups -OCH3 is 1. The second kappa shape index (κ2) is 12.2. The van der Waals surface area contributed by atoms with E-state index in [0.717, 1.165) is 10.0 Å². The van der Waals surface area contributed by atoms with Crippen LogP contribution >= 0.6 is 15.9 Å². The van der Waals surface area contributed by atoms with Crippen molar-refractivity contribution < 1.29 is 23.8 Å². The number of esters is 1. The Bertz CT molecular complexity index is 1150. The van der Waals surface area contributed by atoms with Crippen molar-refractivity contribution in [1.82, 2.24) is 5.43 Å². The van der Waals surface area contributed by atoms with Gasteiger partial charge in [0.25, 0.3) is 5.91 Å². The zero-order valence-corrected chi connectivity index (χ0v) is 19.3. The smallest absolute Gasteiger partial charge is 0.336 e. The number of benzene rings is 3. The van der Waals surface area contributed by atoms with Crippen LogP contribution in [0.15, 0.2) is 88.4 Å². The van der Waals surface area contributed by atoms with Crippen LogP contribution in [0.4, 0.5) is 0 Å². The van der Waals surface area contributed by atoms with Gasteiger partial charge in [-0.2, -0.15) is 5.10 Å². The highest BCUT2D eigenvalue weighted by Gasteiger charge is 2.08. The minimum absolute atomic E-state index is 0.214. The third-order valence-electron chi connectivity index (χ3n) is 4.22. The van der Waals surface area contributed by atoms with E-state index < -0.39 is 11.9 Å².